The lowest BCUT2D eigenvalue weighted by molar-refractivity contribution is -0.146. The summed E-state index contributed by atoms with van der Waals surface area (Å²) in [5, 5.41) is 0. The number of ether oxygens (including phenoxy) is 3. The van der Waals surface area contributed by atoms with Gasteiger partial charge in [-0.25, -0.2) is 0 Å². The fourth-order valence-electron chi connectivity index (χ4n) is 9.05. The Bertz CT molecular complexity index is 1040. The van der Waals surface area contributed by atoms with Crippen LogP contribution in [0.15, 0.2) is 0 Å². The molecular formula is C56H108N2O7. The molecule has 0 rings (SSSR count). The fraction of sp³-hybridized carbons (Fsp3) is 0.929. The van der Waals surface area contributed by atoms with Gasteiger partial charge in [-0.1, -0.05) is 182 Å². The summed E-state index contributed by atoms with van der Waals surface area (Å²) in [6.45, 7) is 11.6. The molecule has 384 valence electrons. The molecule has 0 saturated heterocycles. The van der Waals surface area contributed by atoms with Crippen molar-refractivity contribution in [1.29, 1.82) is 0 Å². The summed E-state index contributed by atoms with van der Waals surface area (Å²) in [7, 11) is 5.48. The third-order valence-corrected chi connectivity index (χ3v) is 13.5. The average Bonchev–Trinajstić information content (AvgIpc) is 3.29. The number of carbonyl (C=O) groups excluding carboxylic acids is 4. The summed E-state index contributed by atoms with van der Waals surface area (Å²) in [5.41, 5.74) is 0. The first-order chi connectivity index (χ1) is 31.6. The number of methoxy groups -OCH3 is 1. The zero-order valence-electron chi connectivity index (χ0n) is 44.2. The van der Waals surface area contributed by atoms with Crippen molar-refractivity contribution in [3.63, 3.8) is 0 Å². The number of rotatable bonds is 49. The molecule has 0 fully saturated rings. The van der Waals surface area contributed by atoms with Gasteiger partial charge < -0.3 is 24.0 Å². The zero-order valence-corrected chi connectivity index (χ0v) is 44.2. The third kappa shape index (κ3) is 40.6. The van der Waals surface area contributed by atoms with Gasteiger partial charge >= 0.3 is 17.9 Å². The molecule has 0 aliphatic carbocycles. The molecule has 9 nitrogen and oxygen atoms in total. The van der Waals surface area contributed by atoms with Crippen LogP contribution >= 0.6 is 0 Å². The van der Waals surface area contributed by atoms with E-state index in [0.29, 0.717) is 70.1 Å². The van der Waals surface area contributed by atoms with E-state index < -0.39 is 0 Å². The number of hydrogen-bond acceptors (Lipinski definition) is 8. The van der Waals surface area contributed by atoms with Gasteiger partial charge in [0, 0.05) is 44.8 Å². The third-order valence-electron chi connectivity index (χ3n) is 13.5. The lowest BCUT2D eigenvalue weighted by atomic mass is 9.95. The van der Waals surface area contributed by atoms with Gasteiger partial charge in [-0.2, -0.15) is 0 Å². The van der Waals surface area contributed by atoms with Crippen LogP contribution in [0.1, 0.15) is 272 Å². The SMILES string of the molecule is CCCCCCCCC(CCCCCC)COC(=O)CCCCCC(CCCCCC(=O)OCC(CCCCCC)CCCCCCCC)N(CCN(C)C)C(=O)CCCCC(=O)OC. The minimum atomic E-state index is -0.238. The van der Waals surface area contributed by atoms with E-state index in [1.165, 1.54) is 136 Å². The summed E-state index contributed by atoms with van der Waals surface area (Å²) in [4.78, 5) is 55.6. The fourth-order valence-corrected chi connectivity index (χ4v) is 9.05. The number of amides is 1. The molecule has 1 amide bonds. The van der Waals surface area contributed by atoms with Crippen molar-refractivity contribution in [2.24, 2.45) is 11.8 Å². The van der Waals surface area contributed by atoms with Crippen molar-refractivity contribution in [2.45, 2.75) is 278 Å². The Hall–Kier alpha value is -2.16. The van der Waals surface area contributed by atoms with E-state index in [0.717, 1.165) is 83.6 Å². The highest BCUT2D eigenvalue weighted by Crippen LogP contribution is 2.23. The highest BCUT2D eigenvalue weighted by atomic mass is 16.5. The van der Waals surface area contributed by atoms with E-state index in [4.69, 9.17) is 14.2 Å². The predicted molar refractivity (Wildman–Crippen MR) is 273 cm³/mol. The Morgan fingerprint density at radius 1 is 0.385 bits per heavy atom. The van der Waals surface area contributed by atoms with E-state index in [-0.39, 0.29) is 29.9 Å². The molecule has 0 radical (unpaired) electrons. The number of nitrogens with zero attached hydrogens (tertiary/aromatic N) is 2. The number of likely N-dealkylation sites (N-methyl/N-ethyl adjacent to an activating group) is 1. The summed E-state index contributed by atoms with van der Waals surface area (Å²) < 4.78 is 16.6. The van der Waals surface area contributed by atoms with E-state index >= 15 is 0 Å². The maximum atomic E-state index is 13.8. The van der Waals surface area contributed by atoms with Gasteiger partial charge in [-0.05, 0) is 90.1 Å². The van der Waals surface area contributed by atoms with Crippen molar-refractivity contribution in [1.82, 2.24) is 9.80 Å². The quantitative estimate of drug-likeness (QED) is 0.0338. The number of hydrogen-bond donors (Lipinski definition) is 0. The Morgan fingerprint density at radius 2 is 0.708 bits per heavy atom. The van der Waals surface area contributed by atoms with Crippen molar-refractivity contribution in [2.75, 3.05) is 47.5 Å². The molecule has 0 aromatic carbocycles. The van der Waals surface area contributed by atoms with Gasteiger partial charge in [0.1, 0.15) is 0 Å². The Labute approximate surface area is 402 Å². The van der Waals surface area contributed by atoms with Crippen LogP contribution in [0.5, 0.6) is 0 Å². The van der Waals surface area contributed by atoms with E-state index in [2.05, 4.69) is 37.5 Å². The molecule has 65 heavy (non-hydrogen) atoms. The summed E-state index contributed by atoms with van der Waals surface area (Å²) >= 11 is 0. The van der Waals surface area contributed by atoms with Crippen LogP contribution in [0.2, 0.25) is 0 Å². The van der Waals surface area contributed by atoms with Crippen molar-refractivity contribution in [3.05, 3.63) is 0 Å². The molecule has 0 heterocycles. The molecule has 0 aromatic heterocycles. The minimum absolute atomic E-state index is 0.0726. The minimum Gasteiger partial charge on any atom is -0.469 e. The van der Waals surface area contributed by atoms with Crippen LogP contribution in [0.4, 0.5) is 0 Å². The Balaban J connectivity index is 5.29. The molecule has 0 spiro atoms. The van der Waals surface area contributed by atoms with E-state index in [1.807, 2.05) is 14.1 Å². The van der Waals surface area contributed by atoms with E-state index in [9.17, 15) is 19.2 Å². The molecule has 0 bridgehead atoms. The molecule has 0 aromatic rings. The summed E-state index contributed by atoms with van der Waals surface area (Å²) in [6.07, 6.45) is 40.1. The van der Waals surface area contributed by atoms with Gasteiger partial charge in [0.05, 0.1) is 20.3 Å². The highest BCUT2D eigenvalue weighted by molar-refractivity contribution is 5.76. The number of esters is 3. The van der Waals surface area contributed by atoms with E-state index in [1.54, 1.807) is 0 Å². The normalized spacial score (nSPS) is 12.9. The van der Waals surface area contributed by atoms with Crippen LogP contribution in [-0.4, -0.2) is 87.2 Å². The first-order valence-corrected chi connectivity index (χ1v) is 27.9. The zero-order chi connectivity index (χ0) is 48.0. The maximum absolute atomic E-state index is 13.8. The summed E-state index contributed by atoms with van der Waals surface area (Å²) in [5.74, 6) is 0.698. The van der Waals surface area contributed by atoms with Gasteiger partial charge in [0.2, 0.25) is 5.91 Å². The van der Waals surface area contributed by atoms with Crippen LogP contribution < -0.4 is 0 Å². The van der Waals surface area contributed by atoms with Crippen molar-refractivity contribution in [3.8, 4) is 0 Å². The van der Waals surface area contributed by atoms with Gasteiger partial charge in [-0.3, -0.25) is 19.2 Å². The highest BCUT2D eigenvalue weighted by Gasteiger charge is 2.24. The van der Waals surface area contributed by atoms with Crippen LogP contribution in [0, 0.1) is 11.8 Å². The van der Waals surface area contributed by atoms with Crippen molar-refractivity contribution < 1.29 is 33.4 Å². The summed E-state index contributed by atoms with van der Waals surface area (Å²) in [6, 6.07) is 0.0906. The lowest BCUT2D eigenvalue weighted by Crippen LogP contribution is -2.44. The molecule has 0 aliphatic heterocycles. The lowest BCUT2D eigenvalue weighted by Gasteiger charge is -2.33. The Kier molecular flexibility index (Phi) is 45.4. The standard InChI is InChI=1S/C56H108N2O7/c1-8-12-16-20-22-28-38-50(36-26-18-14-10-3)48-64-55(61)44-32-24-30-40-52(58(47-46-57(5)6)53(59)42-34-35-43-54(60)63-7)41-31-25-33-45-56(62)65-49-51(37-27-19-15-11-4)39-29-23-21-17-13-9-2/h50-52H,8-49H2,1-7H3. The molecule has 0 aliphatic rings. The second kappa shape index (κ2) is 46.9. The average molecular weight is 921 g/mol. The molecule has 9 heteroatoms. The smallest absolute Gasteiger partial charge is 0.305 e. The molecule has 2 atom stereocenters. The molecule has 0 saturated carbocycles. The largest absolute Gasteiger partial charge is 0.469 e. The first-order valence-electron chi connectivity index (χ1n) is 27.9. The second-order valence-corrected chi connectivity index (χ2v) is 19.9. The first kappa shape index (κ1) is 62.8. The molecule has 0 N–H and O–H groups in total. The van der Waals surface area contributed by atoms with Gasteiger partial charge in [0.25, 0.3) is 0 Å². The second-order valence-electron chi connectivity index (χ2n) is 19.9. The molecular weight excluding hydrogens is 813 g/mol. The number of unbranched alkanes of at least 4 members (excludes halogenated alkanes) is 21. The van der Waals surface area contributed by atoms with Crippen LogP contribution in [-0.2, 0) is 33.4 Å². The van der Waals surface area contributed by atoms with Crippen LogP contribution in [0.3, 0.4) is 0 Å². The van der Waals surface area contributed by atoms with Gasteiger partial charge in [0.15, 0.2) is 0 Å². The maximum Gasteiger partial charge on any atom is 0.305 e. The van der Waals surface area contributed by atoms with Crippen LogP contribution in [0.25, 0.3) is 0 Å². The Morgan fingerprint density at radius 3 is 1.11 bits per heavy atom. The predicted octanol–water partition coefficient (Wildman–Crippen LogP) is 15.1. The van der Waals surface area contributed by atoms with Gasteiger partial charge in [-0.15, -0.1) is 0 Å². The van der Waals surface area contributed by atoms with Crippen molar-refractivity contribution >= 4 is 23.8 Å². The number of carbonyl (C=O) groups is 4. The monoisotopic (exact) mass is 921 g/mol. The topological polar surface area (TPSA) is 102 Å². The molecule has 2 unspecified atom stereocenters.